The van der Waals surface area contributed by atoms with E-state index >= 15 is 0 Å². The van der Waals surface area contributed by atoms with Crippen molar-refractivity contribution in [1.82, 2.24) is 36.7 Å². The summed E-state index contributed by atoms with van der Waals surface area (Å²) in [6.07, 6.45) is 1.14. The van der Waals surface area contributed by atoms with Crippen LogP contribution in [0.15, 0.2) is 24.4 Å². The van der Waals surface area contributed by atoms with Crippen LogP contribution in [0.1, 0.15) is 16.1 Å². The van der Waals surface area contributed by atoms with Crippen LogP contribution in [0.2, 0.25) is 0 Å². The Balaban J connectivity index is 1.98. The molecule has 0 saturated carbocycles. The van der Waals surface area contributed by atoms with Crippen molar-refractivity contribution >= 4 is 28.7 Å². The van der Waals surface area contributed by atoms with Crippen molar-refractivity contribution in [1.29, 1.82) is 0 Å². The molecule has 0 aliphatic rings. The fourth-order valence-electron chi connectivity index (χ4n) is 2.15. The van der Waals surface area contributed by atoms with Gasteiger partial charge in [0.05, 0.1) is 23.8 Å². The lowest BCUT2D eigenvalue weighted by Gasteiger charge is -2.04. The van der Waals surface area contributed by atoms with Crippen LogP contribution >= 0.6 is 0 Å². The van der Waals surface area contributed by atoms with Crippen LogP contribution in [-0.2, 0) is 4.79 Å². The van der Waals surface area contributed by atoms with Gasteiger partial charge in [0.25, 0.3) is 11.8 Å². The molecule has 3 aromatic rings. The third-order valence-electron chi connectivity index (χ3n) is 3.28. The molecular formula is C15H13N7O2. The first-order chi connectivity index (χ1) is 11.4. The van der Waals surface area contributed by atoms with Gasteiger partial charge in [-0.2, -0.15) is 0 Å². The maximum Gasteiger partial charge on any atom is 0.271 e. The Kier molecular flexibility index (Phi) is 3.82. The number of amides is 2. The molecule has 0 spiro atoms. The number of nitrogens with zero attached hydrogens (tertiary/aromatic N) is 3. The van der Waals surface area contributed by atoms with Gasteiger partial charge in [0, 0.05) is 0 Å². The van der Waals surface area contributed by atoms with Gasteiger partial charge in [-0.1, -0.05) is 6.07 Å². The van der Waals surface area contributed by atoms with Gasteiger partial charge in [-0.3, -0.25) is 21.1 Å². The molecule has 0 atom stereocenters. The molecule has 0 aliphatic heterocycles. The normalized spacial score (nSPS) is 10.7. The van der Waals surface area contributed by atoms with E-state index in [-0.39, 0.29) is 17.2 Å². The molecule has 0 aliphatic carbocycles. The Morgan fingerprint density at radius 2 is 2.08 bits per heavy atom. The van der Waals surface area contributed by atoms with Crippen molar-refractivity contribution in [2.24, 2.45) is 0 Å². The minimum Gasteiger partial charge on any atom is -0.342 e. The SMILES string of the molecule is Cc1ccc2nc(-c3nc(C(=O)NCC([NH])=O)cnc3[NH])[nH]c2c1. The van der Waals surface area contributed by atoms with E-state index in [0.29, 0.717) is 11.3 Å². The zero-order chi connectivity index (χ0) is 17.3. The number of carbonyl (C=O) groups is 2. The Bertz CT molecular complexity index is 948. The topological polar surface area (TPSA) is 148 Å². The lowest BCUT2D eigenvalue weighted by Crippen LogP contribution is -2.30. The second-order valence-electron chi connectivity index (χ2n) is 5.16. The molecule has 0 bridgehead atoms. The van der Waals surface area contributed by atoms with Crippen LogP contribution in [0.5, 0.6) is 0 Å². The highest BCUT2D eigenvalue weighted by Crippen LogP contribution is 2.23. The highest BCUT2D eigenvalue weighted by Gasteiger charge is 2.16. The molecule has 0 saturated heterocycles. The lowest BCUT2D eigenvalue weighted by molar-refractivity contribution is -0.117. The van der Waals surface area contributed by atoms with Gasteiger partial charge in [0.2, 0.25) is 0 Å². The zero-order valence-electron chi connectivity index (χ0n) is 12.7. The van der Waals surface area contributed by atoms with Crippen molar-refractivity contribution < 1.29 is 9.59 Å². The van der Waals surface area contributed by atoms with E-state index in [1.54, 1.807) is 0 Å². The quantitative estimate of drug-likeness (QED) is 0.727. The maximum atomic E-state index is 11.9. The van der Waals surface area contributed by atoms with Gasteiger partial charge in [-0.15, -0.1) is 0 Å². The van der Waals surface area contributed by atoms with Crippen molar-refractivity contribution in [2.45, 2.75) is 6.92 Å². The third kappa shape index (κ3) is 3.00. The summed E-state index contributed by atoms with van der Waals surface area (Å²) in [5.41, 5.74) is 17.3. The number of benzene rings is 1. The minimum atomic E-state index is -0.915. The summed E-state index contributed by atoms with van der Waals surface area (Å²) < 4.78 is 0. The number of imidazole rings is 1. The molecule has 3 rings (SSSR count). The van der Waals surface area contributed by atoms with E-state index in [2.05, 4.69) is 25.3 Å². The smallest absolute Gasteiger partial charge is 0.271 e. The van der Waals surface area contributed by atoms with Gasteiger partial charge in [0.1, 0.15) is 5.69 Å². The van der Waals surface area contributed by atoms with Gasteiger partial charge >= 0.3 is 0 Å². The molecule has 2 heterocycles. The molecule has 9 nitrogen and oxygen atoms in total. The first kappa shape index (κ1) is 15.4. The number of aromatic nitrogens is 4. The predicted molar refractivity (Wildman–Crippen MR) is 85.1 cm³/mol. The monoisotopic (exact) mass is 323 g/mol. The molecule has 0 fully saturated rings. The molecule has 4 N–H and O–H groups in total. The Hall–Kier alpha value is -3.49. The molecule has 1 aromatic carbocycles. The summed E-state index contributed by atoms with van der Waals surface area (Å²) >= 11 is 0. The standard InChI is InChI=1S/C15H13N7O2/c1-7-2-3-8-9(4-7)22-14(21-8)12-13(17)18-5-10(20-12)15(24)19-6-11(16)23/h2-5,16-17H,6H2,1H3,(H,19,24)(H,21,22). The van der Waals surface area contributed by atoms with Crippen molar-refractivity contribution in [3.63, 3.8) is 0 Å². The van der Waals surface area contributed by atoms with Crippen LogP contribution in [0, 0.1) is 6.92 Å². The minimum absolute atomic E-state index is 0.0566. The fourth-order valence-corrected chi connectivity index (χ4v) is 2.15. The van der Waals surface area contributed by atoms with Gasteiger partial charge in [-0.05, 0) is 24.6 Å². The molecular weight excluding hydrogens is 310 g/mol. The Morgan fingerprint density at radius 1 is 1.29 bits per heavy atom. The van der Waals surface area contributed by atoms with E-state index in [1.807, 2.05) is 25.1 Å². The summed E-state index contributed by atoms with van der Waals surface area (Å²) in [7, 11) is 0. The number of fused-ring (bicyclic) bond motifs is 1. The fraction of sp³-hybridized carbons (Fsp3) is 0.133. The van der Waals surface area contributed by atoms with Crippen molar-refractivity contribution in [3.8, 4) is 11.5 Å². The van der Waals surface area contributed by atoms with Gasteiger partial charge in [0.15, 0.2) is 17.3 Å². The average Bonchev–Trinajstić information content (AvgIpc) is 2.95. The summed E-state index contributed by atoms with van der Waals surface area (Å²) in [5.74, 6) is -1.35. The van der Waals surface area contributed by atoms with E-state index in [4.69, 9.17) is 11.5 Å². The van der Waals surface area contributed by atoms with Crippen LogP contribution < -0.4 is 16.8 Å². The number of H-pyrrole nitrogens is 1. The molecule has 2 aromatic heterocycles. The number of aromatic amines is 1. The van der Waals surface area contributed by atoms with E-state index < -0.39 is 18.4 Å². The molecule has 2 amide bonds. The van der Waals surface area contributed by atoms with Gasteiger partial charge in [-0.25, -0.2) is 15.0 Å². The second kappa shape index (κ2) is 5.95. The number of carbonyl (C=O) groups excluding carboxylic acids is 2. The highest BCUT2D eigenvalue weighted by molar-refractivity contribution is 5.95. The summed E-state index contributed by atoms with van der Waals surface area (Å²) in [6, 6.07) is 5.68. The predicted octanol–water partition coefficient (Wildman–Crippen LogP) is 0.782. The van der Waals surface area contributed by atoms with Crippen LogP contribution in [0.3, 0.4) is 0 Å². The Labute approximate surface area is 136 Å². The summed E-state index contributed by atoms with van der Waals surface area (Å²) in [5, 5.41) is 2.26. The molecule has 0 unspecified atom stereocenters. The van der Waals surface area contributed by atoms with E-state index in [1.165, 1.54) is 0 Å². The number of aryl methyl sites for hydroxylation is 1. The summed E-state index contributed by atoms with van der Waals surface area (Å²) in [6.45, 7) is 1.54. The van der Waals surface area contributed by atoms with E-state index in [0.717, 1.165) is 17.3 Å². The average molecular weight is 323 g/mol. The van der Waals surface area contributed by atoms with E-state index in [9.17, 15) is 9.59 Å². The zero-order valence-corrected chi connectivity index (χ0v) is 12.7. The maximum absolute atomic E-state index is 11.9. The number of nitrogens with one attached hydrogen (secondary N) is 4. The molecule has 24 heavy (non-hydrogen) atoms. The highest BCUT2D eigenvalue weighted by atomic mass is 16.2. The number of hydrogen-bond acceptors (Lipinski definition) is 5. The first-order valence-electron chi connectivity index (χ1n) is 7.02. The van der Waals surface area contributed by atoms with Crippen LogP contribution in [0.4, 0.5) is 5.82 Å². The largest absolute Gasteiger partial charge is 0.342 e. The molecule has 9 heteroatoms. The van der Waals surface area contributed by atoms with Crippen molar-refractivity contribution in [2.75, 3.05) is 6.54 Å². The van der Waals surface area contributed by atoms with Crippen LogP contribution in [0.25, 0.3) is 22.6 Å². The molecule has 120 valence electrons. The number of rotatable bonds is 4. The van der Waals surface area contributed by atoms with Crippen molar-refractivity contribution in [3.05, 3.63) is 35.7 Å². The second-order valence-corrected chi connectivity index (χ2v) is 5.16. The van der Waals surface area contributed by atoms with Gasteiger partial charge < -0.3 is 10.3 Å². The summed E-state index contributed by atoms with van der Waals surface area (Å²) in [4.78, 5) is 37.9. The lowest BCUT2D eigenvalue weighted by atomic mass is 10.2. The number of hydrogen-bond donors (Lipinski definition) is 2. The molecule has 2 radical (unpaired) electrons. The first-order valence-corrected chi connectivity index (χ1v) is 7.02. The van der Waals surface area contributed by atoms with Crippen LogP contribution in [-0.4, -0.2) is 38.3 Å². The Morgan fingerprint density at radius 3 is 2.83 bits per heavy atom. The third-order valence-corrected chi connectivity index (χ3v) is 3.28.